The van der Waals surface area contributed by atoms with E-state index in [1.165, 1.54) is 4.90 Å². The summed E-state index contributed by atoms with van der Waals surface area (Å²) in [6, 6.07) is 18.6. The van der Waals surface area contributed by atoms with Crippen molar-refractivity contribution in [3.05, 3.63) is 89.6 Å². The predicted molar refractivity (Wildman–Crippen MR) is 98.7 cm³/mol. The monoisotopic (exact) mass is 332 g/mol. The van der Waals surface area contributed by atoms with Crippen LogP contribution in [0.2, 0.25) is 0 Å². The van der Waals surface area contributed by atoms with Crippen LogP contribution >= 0.6 is 0 Å². The molecule has 1 unspecified atom stereocenters. The lowest BCUT2D eigenvalue weighted by Crippen LogP contribution is -2.44. The molecule has 0 saturated carbocycles. The highest BCUT2D eigenvalue weighted by atomic mass is 16.2. The van der Waals surface area contributed by atoms with Gasteiger partial charge in [-0.05, 0) is 24.1 Å². The van der Waals surface area contributed by atoms with Crippen LogP contribution in [0.15, 0.2) is 78.5 Å². The molecule has 1 heterocycles. The van der Waals surface area contributed by atoms with Crippen molar-refractivity contribution in [1.29, 1.82) is 0 Å². The minimum Gasteiger partial charge on any atom is -0.327 e. The zero-order valence-electron chi connectivity index (χ0n) is 14.1. The van der Waals surface area contributed by atoms with Gasteiger partial charge in [0.15, 0.2) is 5.78 Å². The molecule has 2 amide bonds. The number of allylic oxidation sites excluding steroid dienone is 1. The minimum absolute atomic E-state index is 0.115. The summed E-state index contributed by atoms with van der Waals surface area (Å²) in [5.41, 5.74) is 2.40. The van der Waals surface area contributed by atoms with Crippen molar-refractivity contribution in [2.24, 2.45) is 0 Å². The maximum Gasteiger partial charge on any atom is 0.322 e. The number of hydrogen-bond acceptors (Lipinski definition) is 2. The van der Waals surface area contributed by atoms with Crippen LogP contribution in [0.5, 0.6) is 0 Å². The molecular weight excluding hydrogens is 312 g/mol. The van der Waals surface area contributed by atoms with Gasteiger partial charge in [0.2, 0.25) is 0 Å². The van der Waals surface area contributed by atoms with Gasteiger partial charge in [0.25, 0.3) is 0 Å². The van der Waals surface area contributed by atoms with E-state index in [0.29, 0.717) is 12.1 Å². The molecule has 1 aliphatic rings. The second-order valence-electron chi connectivity index (χ2n) is 5.77. The number of amides is 2. The molecule has 0 bridgehead atoms. The minimum atomic E-state index is -0.440. The Balaban J connectivity index is 1.92. The third kappa shape index (κ3) is 3.86. The topological polar surface area (TPSA) is 49.4 Å². The zero-order chi connectivity index (χ0) is 17.6. The normalized spacial score (nSPS) is 17.3. The van der Waals surface area contributed by atoms with Gasteiger partial charge in [-0.2, -0.15) is 0 Å². The molecule has 126 valence electrons. The fourth-order valence-corrected chi connectivity index (χ4v) is 2.77. The van der Waals surface area contributed by atoms with Gasteiger partial charge in [0.1, 0.15) is 0 Å². The van der Waals surface area contributed by atoms with Gasteiger partial charge < -0.3 is 10.2 Å². The second kappa shape index (κ2) is 7.62. The first kappa shape index (κ1) is 16.7. The van der Waals surface area contributed by atoms with Crippen LogP contribution in [0.4, 0.5) is 4.79 Å². The van der Waals surface area contributed by atoms with Crippen LogP contribution in [-0.2, 0) is 4.79 Å². The first-order valence-corrected chi connectivity index (χ1v) is 8.30. The lowest BCUT2D eigenvalue weighted by Gasteiger charge is -2.31. The molecule has 0 fully saturated rings. The Morgan fingerprint density at radius 1 is 1.08 bits per heavy atom. The Kier molecular flexibility index (Phi) is 5.09. The summed E-state index contributed by atoms with van der Waals surface area (Å²) in [7, 11) is 0. The van der Waals surface area contributed by atoms with Gasteiger partial charge in [-0.25, -0.2) is 4.79 Å². The Morgan fingerprint density at radius 2 is 1.72 bits per heavy atom. The van der Waals surface area contributed by atoms with Gasteiger partial charge >= 0.3 is 6.03 Å². The highest BCUT2D eigenvalue weighted by Gasteiger charge is 2.29. The Hall–Kier alpha value is -3.14. The van der Waals surface area contributed by atoms with Gasteiger partial charge in [-0.3, -0.25) is 4.79 Å². The van der Waals surface area contributed by atoms with Crippen LogP contribution in [0.25, 0.3) is 6.08 Å². The predicted octanol–water partition coefficient (Wildman–Crippen LogP) is 3.94. The Morgan fingerprint density at radius 3 is 2.36 bits per heavy atom. The van der Waals surface area contributed by atoms with Gasteiger partial charge in [-0.1, -0.05) is 66.7 Å². The lowest BCUT2D eigenvalue weighted by atomic mass is 9.94. The van der Waals surface area contributed by atoms with Gasteiger partial charge in [-0.15, -0.1) is 0 Å². The molecule has 4 nitrogen and oxygen atoms in total. The van der Waals surface area contributed by atoms with Crippen molar-refractivity contribution in [2.75, 3.05) is 6.54 Å². The average molecular weight is 332 g/mol. The molecule has 0 radical (unpaired) electrons. The largest absolute Gasteiger partial charge is 0.327 e. The maximum atomic E-state index is 12.8. The third-order valence-corrected chi connectivity index (χ3v) is 4.12. The summed E-state index contributed by atoms with van der Waals surface area (Å²) in [5, 5.41) is 2.93. The number of benzene rings is 2. The molecule has 1 atom stereocenters. The number of hydrogen-bond donors (Lipinski definition) is 1. The molecule has 0 aromatic heterocycles. The summed E-state index contributed by atoms with van der Waals surface area (Å²) in [4.78, 5) is 26.5. The number of carbonyl (C=O) groups excluding carboxylic acids is 2. The number of nitrogens with zero attached hydrogens (tertiary/aromatic N) is 1. The molecular formula is C21H20N2O2. The quantitative estimate of drug-likeness (QED) is 0.843. The van der Waals surface area contributed by atoms with E-state index in [4.69, 9.17) is 0 Å². The number of carbonyl (C=O) groups is 2. The Bertz CT molecular complexity index is 810. The summed E-state index contributed by atoms with van der Waals surface area (Å²) >= 11 is 0. The van der Waals surface area contributed by atoms with E-state index in [-0.39, 0.29) is 11.8 Å². The van der Waals surface area contributed by atoms with E-state index in [9.17, 15) is 9.59 Å². The first-order valence-electron chi connectivity index (χ1n) is 8.30. The lowest BCUT2D eigenvalue weighted by molar-refractivity contribution is -0.111. The molecule has 0 spiro atoms. The van der Waals surface area contributed by atoms with Crippen molar-refractivity contribution in [2.45, 2.75) is 13.0 Å². The molecule has 3 rings (SSSR count). The molecule has 1 aliphatic heterocycles. The van der Waals surface area contributed by atoms with Crippen molar-refractivity contribution in [1.82, 2.24) is 10.2 Å². The SMILES string of the molecule is CCN1C=C(C(=O)/C=C/c2ccccc2)C(c2ccccc2)NC1=O. The highest BCUT2D eigenvalue weighted by Crippen LogP contribution is 2.27. The number of rotatable bonds is 5. The van der Waals surface area contributed by atoms with Crippen LogP contribution in [0, 0.1) is 0 Å². The van der Waals surface area contributed by atoms with Gasteiger partial charge in [0, 0.05) is 18.3 Å². The van der Waals surface area contributed by atoms with E-state index in [2.05, 4.69) is 5.32 Å². The summed E-state index contributed by atoms with van der Waals surface area (Å²) in [5.74, 6) is -0.115. The van der Waals surface area contributed by atoms with Crippen molar-refractivity contribution >= 4 is 17.9 Å². The molecule has 2 aromatic carbocycles. The van der Waals surface area contributed by atoms with E-state index < -0.39 is 6.04 Å². The van der Waals surface area contributed by atoms with E-state index >= 15 is 0 Å². The molecule has 25 heavy (non-hydrogen) atoms. The van der Waals surface area contributed by atoms with Crippen LogP contribution < -0.4 is 5.32 Å². The number of nitrogens with one attached hydrogen (secondary N) is 1. The average Bonchev–Trinajstić information content (AvgIpc) is 2.67. The first-order chi connectivity index (χ1) is 12.2. The molecule has 4 heteroatoms. The van der Waals surface area contributed by atoms with Crippen molar-refractivity contribution < 1.29 is 9.59 Å². The van der Waals surface area contributed by atoms with Crippen molar-refractivity contribution in [3.63, 3.8) is 0 Å². The Labute approximate surface area is 147 Å². The summed E-state index contributed by atoms with van der Waals surface area (Å²) in [6.07, 6.45) is 5.01. The smallest absolute Gasteiger partial charge is 0.322 e. The second-order valence-corrected chi connectivity index (χ2v) is 5.77. The molecule has 2 aromatic rings. The molecule has 0 saturated heterocycles. The summed E-state index contributed by atoms with van der Waals surface area (Å²) in [6.45, 7) is 2.38. The van der Waals surface area contributed by atoms with Crippen LogP contribution in [0.1, 0.15) is 24.1 Å². The fourth-order valence-electron chi connectivity index (χ4n) is 2.77. The van der Waals surface area contributed by atoms with E-state index in [1.54, 1.807) is 18.4 Å². The zero-order valence-corrected chi connectivity index (χ0v) is 14.1. The highest BCUT2D eigenvalue weighted by molar-refractivity contribution is 6.08. The third-order valence-electron chi connectivity index (χ3n) is 4.12. The number of urea groups is 1. The summed E-state index contributed by atoms with van der Waals surface area (Å²) < 4.78 is 0. The molecule has 0 aliphatic carbocycles. The van der Waals surface area contributed by atoms with E-state index in [1.807, 2.05) is 67.6 Å². The van der Waals surface area contributed by atoms with Gasteiger partial charge in [0.05, 0.1) is 6.04 Å². The van der Waals surface area contributed by atoms with Crippen LogP contribution in [-0.4, -0.2) is 23.3 Å². The standard InChI is InChI=1S/C21H20N2O2/c1-2-23-15-18(19(24)14-13-16-9-5-3-6-10-16)20(22-21(23)25)17-11-7-4-8-12-17/h3-15,20H,2H2,1H3,(H,22,25)/b14-13+. The molecule has 1 N–H and O–H groups in total. The maximum absolute atomic E-state index is 12.8. The van der Waals surface area contributed by atoms with Crippen LogP contribution in [0.3, 0.4) is 0 Å². The van der Waals surface area contributed by atoms with Crippen molar-refractivity contribution in [3.8, 4) is 0 Å². The number of ketones is 1. The fraction of sp³-hybridized carbons (Fsp3) is 0.143. The van der Waals surface area contributed by atoms with E-state index in [0.717, 1.165) is 11.1 Å².